The number of nitrogen functional groups attached to an aromatic ring is 1. The number of amides is 1. The van der Waals surface area contributed by atoms with Crippen LogP contribution in [0.1, 0.15) is 22.8 Å². The molecule has 0 aliphatic heterocycles. The maximum atomic E-state index is 11.5. The first kappa shape index (κ1) is 13.9. The SMILES string of the molecule is CCc1ccc(Oc2ccc(C(=O)NC)cc2N)cc1. The van der Waals surface area contributed by atoms with Crippen LogP contribution in [0.15, 0.2) is 42.5 Å². The van der Waals surface area contributed by atoms with Crippen molar-refractivity contribution < 1.29 is 9.53 Å². The summed E-state index contributed by atoms with van der Waals surface area (Å²) in [5.74, 6) is 1.10. The highest BCUT2D eigenvalue weighted by Gasteiger charge is 2.08. The molecule has 0 saturated carbocycles. The van der Waals surface area contributed by atoms with Crippen molar-refractivity contribution in [2.75, 3.05) is 12.8 Å². The molecule has 2 aromatic rings. The molecule has 0 unspecified atom stereocenters. The Morgan fingerprint density at radius 2 is 1.90 bits per heavy atom. The summed E-state index contributed by atoms with van der Waals surface area (Å²) < 4.78 is 5.72. The van der Waals surface area contributed by atoms with E-state index in [4.69, 9.17) is 10.5 Å². The van der Waals surface area contributed by atoms with Crippen LogP contribution in [0.4, 0.5) is 5.69 Å². The van der Waals surface area contributed by atoms with E-state index in [1.165, 1.54) is 5.56 Å². The highest BCUT2D eigenvalue weighted by Crippen LogP contribution is 2.28. The Bertz CT molecular complexity index is 606. The number of nitrogens with one attached hydrogen (secondary N) is 1. The number of carbonyl (C=O) groups excluding carboxylic acids is 1. The molecule has 0 aliphatic rings. The van der Waals surface area contributed by atoms with E-state index in [0.29, 0.717) is 17.0 Å². The molecule has 3 N–H and O–H groups in total. The summed E-state index contributed by atoms with van der Waals surface area (Å²) in [5.41, 5.74) is 8.11. The van der Waals surface area contributed by atoms with E-state index in [1.807, 2.05) is 24.3 Å². The molecule has 0 radical (unpaired) electrons. The summed E-state index contributed by atoms with van der Waals surface area (Å²) in [7, 11) is 1.58. The van der Waals surface area contributed by atoms with Gasteiger partial charge in [0, 0.05) is 12.6 Å². The lowest BCUT2D eigenvalue weighted by molar-refractivity contribution is 0.0963. The molecule has 104 valence electrons. The molecule has 2 aromatic carbocycles. The third kappa shape index (κ3) is 3.09. The van der Waals surface area contributed by atoms with Crippen LogP contribution < -0.4 is 15.8 Å². The number of nitrogens with two attached hydrogens (primary N) is 1. The van der Waals surface area contributed by atoms with Gasteiger partial charge in [-0.05, 0) is 42.3 Å². The lowest BCUT2D eigenvalue weighted by Crippen LogP contribution is -2.17. The molecule has 1 amide bonds. The third-order valence-electron chi connectivity index (χ3n) is 3.06. The van der Waals surface area contributed by atoms with E-state index < -0.39 is 0 Å². The Kier molecular flexibility index (Phi) is 4.25. The van der Waals surface area contributed by atoms with Crippen molar-refractivity contribution in [1.29, 1.82) is 0 Å². The first-order valence-electron chi connectivity index (χ1n) is 6.52. The van der Waals surface area contributed by atoms with Crippen molar-refractivity contribution in [3.63, 3.8) is 0 Å². The van der Waals surface area contributed by atoms with Gasteiger partial charge in [-0.3, -0.25) is 4.79 Å². The Morgan fingerprint density at radius 1 is 1.20 bits per heavy atom. The number of ether oxygens (including phenoxy) is 1. The summed E-state index contributed by atoms with van der Waals surface area (Å²) in [6.45, 7) is 2.10. The average Bonchev–Trinajstić information content (AvgIpc) is 2.49. The zero-order valence-corrected chi connectivity index (χ0v) is 11.6. The first-order chi connectivity index (χ1) is 9.63. The largest absolute Gasteiger partial charge is 0.455 e. The molecule has 20 heavy (non-hydrogen) atoms. The Morgan fingerprint density at radius 3 is 2.45 bits per heavy atom. The van der Waals surface area contributed by atoms with Gasteiger partial charge in [0.2, 0.25) is 0 Å². The fraction of sp³-hybridized carbons (Fsp3) is 0.188. The molecule has 0 aromatic heterocycles. The molecular formula is C16H18N2O2. The van der Waals surface area contributed by atoms with Gasteiger partial charge in [-0.15, -0.1) is 0 Å². The van der Waals surface area contributed by atoms with Crippen LogP contribution >= 0.6 is 0 Å². The number of anilines is 1. The van der Waals surface area contributed by atoms with Gasteiger partial charge in [-0.1, -0.05) is 19.1 Å². The van der Waals surface area contributed by atoms with Crippen molar-refractivity contribution in [3.8, 4) is 11.5 Å². The van der Waals surface area contributed by atoms with Gasteiger partial charge in [0.1, 0.15) is 11.5 Å². The molecule has 2 rings (SSSR count). The second kappa shape index (κ2) is 6.10. The van der Waals surface area contributed by atoms with Crippen LogP contribution in [0.3, 0.4) is 0 Å². The summed E-state index contributed by atoms with van der Waals surface area (Å²) in [6.07, 6.45) is 0.989. The second-order valence-electron chi connectivity index (χ2n) is 4.43. The van der Waals surface area contributed by atoms with E-state index in [1.54, 1.807) is 25.2 Å². The first-order valence-corrected chi connectivity index (χ1v) is 6.52. The van der Waals surface area contributed by atoms with Crippen LogP contribution in [0.5, 0.6) is 11.5 Å². The maximum Gasteiger partial charge on any atom is 0.251 e. The van der Waals surface area contributed by atoms with Crippen LogP contribution in [-0.4, -0.2) is 13.0 Å². The monoisotopic (exact) mass is 270 g/mol. The molecule has 0 heterocycles. The predicted molar refractivity (Wildman–Crippen MR) is 80.1 cm³/mol. The molecule has 4 heteroatoms. The Balaban J connectivity index is 2.18. The lowest BCUT2D eigenvalue weighted by atomic mass is 10.1. The van der Waals surface area contributed by atoms with Gasteiger partial charge in [-0.2, -0.15) is 0 Å². The van der Waals surface area contributed by atoms with Crippen LogP contribution in [0, 0.1) is 0 Å². The minimum absolute atomic E-state index is 0.171. The van der Waals surface area contributed by atoms with E-state index in [0.717, 1.165) is 12.2 Å². The predicted octanol–water partition coefficient (Wildman–Crippen LogP) is 2.98. The molecule has 4 nitrogen and oxygen atoms in total. The molecule has 0 bridgehead atoms. The van der Waals surface area contributed by atoms with Gasteiger partial charge in [0.15, 0.2) is 0 Å². The minimum Gasteiger partial charge on any atom is -0.455 e. The number of aryl methyl sites for hydroxylation is 1. The molecule has 0 aliphatic carbocycles. The number of hydrogen-bond acceptors (Lipinski definition) is 3. The van der Waals surface area contributed by atoms with Gasteiger partial charge in [0.25, 0.3) is 5.91 Å². The molecular weight excluding hydrogens is 252 g/mol. The number of carbonyl (C=O) groups is 1. The van der Waals surface area contributed by atoms with Gasteiger partial charge < -0.3 is 15.8 Å². The zero-order valence-electron chi connectivity index (χ0n) is 11.6. The standard InChI is InChI=1S/C16H18N2O2/c1-3-11-4-7-13(8-5-11)20-15-9-6-12(10-14(15)17)16(19)18-2/h4-10H,3,17H2,1-2H3,(H,18,19). The van der Waals surface area contributed by atoms with E-state index >= 15 is 0 Å². The van der Waals surface area contributed by atoms with Crippen molar-refractivity contribution in [2.45, 2.75) is 13.3 Å². The fourth-order valence-corrected chi connectivity index (χ4v) is 1.85. The highest BCUT2D eigenvalue weighted by molar-refractivity contribution is 5.95. The zero-order chi connectivity index (χ0) is 14.5. The van der Waals surface area contributed by atoms with Crippen molar-refractivity contribution >= 4 is 11.6 Å². The fourth-order valence-electron chi connectivity index (χ4n) is 1.85. The lowest BCUT2D eigenvalue weighted by Gasteiger charge is -2.10. The van der Waals surface area contributed by atoms with E-state index in [9.17, 15) is 4.79 Å². The van der Waals surface area contributed by atoms with E-state index in [-0.39, 0.29) is 5.91 Å². The molecule has 0 atom stereocenters. The summed E-state index contributed by atoms with van der Waals surface area (Å²) in [6, 6.07) is 12.8. The summed E-state index contributed by atoms with van der Waals surface area (Å²) in [4.78, 5) is 11.5. The van der Waals surface area contributed by atoms with E-state index in [2.05, 4.69) is 12.2 Å². The van der Waals surface area contributed by atoms with Crippen LogP contribution in [0.2, 0.25) is 0 Å². The second-order valence-corrected chi connectivity index (χ2v) is 4.43. The number of hydrogen-bond donors (Lipinski definition) is 2. The normalized spacial score (nSPS) is 10.1. The summed E-state index contributed by atoms with van der Waals surface area (Å²) in [5, 5.41) is 2.55. The average molecular weight is 270 g/mol. The smallest absolute Gasteiger partial charge is 0.251 e. The van der Waals surface area contributed by atoms with Crippen molar-refractivity contribution in [3.05, 3.63) is 53.6 Å². The number of benzene rings is 2. The van der Waals surface area contributed by atoms with Gasteiger partial charge in [0.05, 0.1) is 5.69 Å². The highest BCUT2D eigenvalue weighted by atomic mass is 16.5. The Labute approximate surface area is 118 Å². The minimum atomic E-state index is -0.171. The maximum absolute atomic E-state index is 11.5. The molecule has 0 spiro atoms. The quantitative estimate of drug-likeness (QED) is 0.839. The summed E-state index contributed by atoms with van der Waals surface area (Å²) >= 11 is 0. The van der Waals surface area contributed by atoms with Crippen LogP contribution in [-0.2, 0) is 6.42 Å². The Hall–Kier alpha value is -2.49. The van der Waals surface area contributed by atoms with Crippen molar-refractivity contribution in [2.24, 2.45) is 0 Å². The topological polar surface area (TPSA) is 64.3 Å². The van der Waals surface area contributed by atoms with Gasteiger partial charge >= 0.3 is 0 Å². The van der Waals surface area contributed by atoms with Gasteiger partial charge in [-0.25, -0.2) is 0 Å². The third-order valence-corrected chi connectivity index (χ3v) is 3.06. The van der Waals surface area contributed by atoms with Crippen LogP contribution in [0.25, 0.3) is 0 Å². The number of rotatable bonds is 4. The molecule has 0 fully saturated rings. The van der Waals surface area contributed by atoms with Crippen molar-refractivity contribution in [1.82, 2.24) is 5.32 Å². The molecule has 0 saturated heterocycles.